The summed E-state index contributed by atoms with van der Waals surface area (Å²) in [6.45, 7) is 0. The number of nitrogens with one attached hydrogen (secondary N) is 1. The van der Waals surface area contributed by atoms with Crippen molar-refractivity contribution in [2.45, 2.75) is 42.7 Å². The van der Waals surface area contributed by atoms with Gasteiger partial charge < -0.3 is 4.90 Å². The van der Waals surface area contributed by atoms with Crippen LogP contribution in [-0.2, 0) is 10.0 Å². The molecule has 3 rings (SSSR count). The Balaban J connectivity index is 1.80. The van der Waals surface area contributed by atoms with Gasteiger partial charge in [-0.2, -0.15) is 0 Å². The molecule has 1 aliphatic rings. The van der Waals surface area contributed by atoms with Crippen molar-refractivity contribution in [1.29, 1.82) is 0 Å². The zero-order chi connectivity index (χ0) is 17.9. The highest BCUT2D eigenvalue weighted by atomic mass is 35.5. The molecule has 0 heterocycles. The van der Waals surface area contributed by atoms with Gasteiger partial charge in [-0.3, -0.25) is 0 Å². The maximum atomic E-state index is 12.7. The Bertz CT molecular complexity index is 794. The van der Waals surface area contributed by atoms with E-state index in [9.17, 15) is 8.42 Å². The van der Waals surface area contributed by atoms with Gasteiger partial charge in [0.05, 0.1) is 4.90 Å². The molecule has 1 N–H and O–H groups in total. The van der Waals surface area contributed by atoms with Crippen LogP contribution in [0.25, 0.3) is 0 Å². The number of halogens is 1. The first kappa shape index (κ1) is 18.2. The SMILES string of the molecule is CN(c1ccccc1)[C@@H]1CCCC[C@H]1NS(=O)(=O)c1ccc(Cl)cc1. The molecule has 4 nitrogen and oxygen atoms in total. The van der Waals surface area contributed by atoms with E-state index in [1.807, 2.05) is 25.2 Å². The predicted molar refractivity (Wildman–Crippen MR) is 103 cm³/mol. The maximum Gasteiger partial charge on any atom is 0.240 e. The van der Waals surface area contributed by atoms with Crippen LogP contribution in [0.3, 0.4) is 0 Å². The summed E-state index contributed by atoms with van der Waals surface area (Å²) < 4.78 is 28.4. The number of benzene rings is 2. The summed E-state index contributed by atoms with van der Waals surface area (Å²) in [4.78, 5) is 2.44. The van der Waals surface area contributed by atoms with Gasteiger partial charge in [0.2, 0.25) is 10.0 Å². The Morgan fingerprint density at radius 2 is 1.64 bits per heavy atom. The monoisotopic (exact) mass is 378 g/mol. The molecule has 0 aromatic heterocycles. The van der Waals surface area contributed by atoms with Crippen LogP contribution in [0, 0.1) is 0 Å². The number of sulfonamides is 1. The van der Waals surface area contributed by atoms with Crippen LogP contribution in [0.2, 0.25) is 5.02 Å². The quantitative estimate of drug-likeness (QED) is 0.853. The standard InChI is InChI=1S/C19H23ClN2O2S/c1-22(16-7-3-2-4-8-16)19-10-6-5-9-18(19)21-25(23,24)17-13-11-15(20)12-14-17/h2-4,7-8,11-14,18-19,21H,5-6,9-10H2,1H3/t18-,19-/m1/s1. The highest BCUT2D eigenvalue weighted by Gasteiger charge is 2.32. The van der Waals surface area contributed by atoms with Gasteiger partial charge in [0.25, 0.3) is 0 Å². The molecule has 0 saturated heterocycles. The first-order valence-corrected chi connectivity index (χ1v) is 10.4. The lowest BCUT2D eigenvalue weighted by Gasteiger charge is -2.39. The third kappa shape index (κ3) is 4.35. The second-order valence-corrected chi connectivity index (χ2v) is 8.63. The number of anilines is 1. The molecule has 0 radical (unpaired) electrons. The smallest absolute Gasteiger partial charge is 0.240 e. The fourth-order valence-corrected chi connectivity index (χ4v) is 4.88. The first-order valence-electron chi connectivity index (χ1n) is 8.53. The molecule has 0 spiro atoms. The molecule has 2 aromatic carbocycles. The van der Waals surface area contributed by atoms with E-state index in [1.165, 1.54) is 0 Å². The fraction of sp³-hybridized carbons (Fsp3) is 0.368. The molecule has 1 fully saturated rings. The summed E-state index contributed by atoms with van der Waals surface area (Å²) in [7, 11) is -1.52. The maximum absolute atomic E-state index is 12.7. The molecule has 0 bridgehead atoms. The number of likely N-dealkylation sites (N-methyl/N-ethyl adjacent to an activating group) is 1. The first-order chi connectivity index (χ1) is 12.0. The molecule has 6 heteroatoms. The lowest BCUT2D eigenvalue weighted by molar-refractivity contribution is 0.351. The molecular weight excluding hydrogens is 356 g/mol. The Morgan fingerprint density at radius 1 is 1.00 bits per heavy atom. The topological polar surface area (TPSA) is 49.4 Å². The van der Waals surface area contributed by atoms with Crippen molar-refractivity contribution in [2.24, 2.45) is 0 Å². The second kappa shape index (κ2) is 7.77. The van der Waals surface area contributed by atoms with Gasteiger partial charge in [-0.1, -0.05) is 42.6 Å². The normalized spacial score (nSPS) is 21.0. The lowest BCUT2D eigenvalue weighted by atomic mass is 9.90. The second-order valence-electron chi connectivity index (χ2n) is 6.48. The summed E-state index contributed by atoms with van der Waals surface area (Å²) >= 11 is 5.86. The van der Waals surface area contributed by atoms with Crippen molar-refractivity contribution >= 4 is 27.3 Å². The molecule has 1 aliphatic carbocycles. The molecule has 0 aliphatic heterocycles. The molecule has 0 amide bonds. The van der Waals surface area contributed by atoms with Gasteiger partial charge in [-0.25, -0.2) is 13.1 Å². The van der Waals surface area contributed by atoms with Crippen LogP contribution in [0.4, 0.5) is 5.69 Å². The van der Waals surface area contributed by atoms with E-state index in [2.05, 4.69) is 21.8 Å². The minimum atomic E-state index is -3.56. The van der Waals surface area contributed by atoms with Gasteiger partial charge in [-0.05, 0) is 49.2 Å². The molecule has 0 unspecified atom stereocenters. The fourth-order valence-electron chi connectivity index (χ4n) is 3.45. The van der Waals surface area contributed by atoms with Gasteiger partial charge in [-0.15, -0.1) is 0 Å². The zero-order valence-corrected chi connectivity index (χ0v) is 15.8. The van der Waals surface area contributed by atoms with Crippen molar-refractivity contribution < 1.29 is 8.42 Å². The van der Waals surface area contributed by atoms with Crippen LogP contribution < -0.4 is 9.62 Å². The molecular formula is C19H23ClN2O2S. The van der Waals surface area contributed by atoms with Crippen LogP contribution in [0.15, 0.2) is 59.5 Å². The van der Waals surface area contributed by atoms with Crippen LogP contribution in [0.5, 0.6) is 0 Å². The summed E-state index contributed by atoms with van der Waals surface area (Å²) in [5.41, 5.74) is 1.10. The number of hydrogen-bond acceptors (Lipinski definition) is 3. The highest BCUT2D eigenvalue weighted by Crippen LogP contribution is 2.27. The lowest BCUT2D eigenvalue weighted by Crippen LogP contribution is -2.52. The highest BCUT2D eigenvalue weighted by molar-refractivity contribution is 7.89. The van der Waals surface area contributed by atoms with Crippen molar-refractivity contribution in [3.05, 3.63) is 59.6 Å². The van der Waals surface area contributed by atoms with Crippen molar-refractivity contribution in [1.82, 2.24) is 4.72 Å². The van der Waals surface area contributed by atoms with Crippen LogP contribution in [0.1, 0.15) is 25.7 Å². The van der Waals surface area contributed by atoms with Gasteiger partial charge in [0.15, 0.2) is 0 Å². The van der Waals surface area contributed by atoms with E-state index in [0.29, 0.717) is 5.02 Å². The summed E-state index contributed by atoms with van der Waals surface area (Å²) in [6.07, 6.45) is 3.96. The van der Waals surface area contributed by atoms with Crippen LogP contribution >= 0.6 is 11.6 Å². The zero-order valence-electron chi connectivity index (χ0n) is 14.2. The Kier molecular flexibility index (Phi) is 5.67. The van der Waals surface area contributed by atoms with E-state index in [4.69, 9.17) is 11.6 Å². The van der Waals surface area contributed by atoms with E-state index in [-0.39, 0.29) is 17.0 Å². The molecule has 2 aromatic rings. The average Bonchev–Trinajstić information content (AvgIpc) is 2.62. The Hall–Kier alpha value is -1.56. The minimum absolute atomic E-state index is 0.111. The van der Waals surface area contributed by atoms with Crippen LogP contribution in [-0.4, -0.2) is 27.5 Å². The van der Waals surface area contributed by atoms with Gasteiger partial charge in [0, 0.05) is 29.8 Å². The summed E-state index contributed by atoms with van der Waals surface area (Å²) in [5.74, 6) is 0. The van der Waals surface area contributed by atoms with Crippen molar-refractivity contribution in [3.63, 3.8) is 0 Å². The number of rotatable bonds is 5. The van der Waals surface area contributed by atoms with E-state index < -0.39 is 10.0 Å². The van der Waals surface area contributed by atoms with E-state index in [0.717, 1.165) is 31.4 Å². The molecule has 134 valence electrons. The number of nitrogens with zero attached hydrogens (tertiary/aromatic N) is 1. The molecule has 25 heavy (non-hydrogen) atoms. The van der Waals surface area contributed by atoms with Crippen molar-refractivity contribution in [2.75, 3.05) is 11.9 Å². The largest absolute Gasteiger partial charge is 0.370 e. The minimum Gasteiger partial charge on any atom is -0.370 e. The molecule has 2 atom stereocenters. The third-order valence-electron chi connectivity index (χ3n) is 4.82. The molecule has 1 saturated carbocycles. The van der Waals surface area contributed by atoms with E-state index >= 15 is 0 Å². The Labute approximate surface area is 154 Å². The van der Waals surface area contributed by atoms with Gasteiger partial charge >= 0.3 is 0 Å². The summed E-state index contributed by atoms with van der Waals surface area (Å²) in [6, 6.07) is 16.4. The number of hydrogen-bond donors (Lipinski definition) is 1. The average molecular weight is 379 g/mol. The summed E-state index contributed by atoms with van der Waals surface area (Å²) in [5, 5.41) is 0.526. The Morgan fingerprint density at radius 3 is 2.32 bits per heavy atom. The predicted octanol–water partition coefficient (Wildman–Crippen LogP) is 4.07. The van der Waals surface area contributed by atoms with Crippen molar-refractivity contribution in [3.8, 4) is 0 Å². The number of para-hydroxylation sites is 1. The van der Waals surface area contributed by atoms with E-state index in [1.54, 1.807) is 24.3 Å². The van der Waals surface area contributed by atoms with Gasteiger partial charge in [0.1, 0.15) is 0 Å². The third-order valence-corrected chi connectivity index (χ3v) is 6.58.